The summed E-state index contributed by atoms with van der Waals surface area (Å²) in [6, 6.07) is 5.84. The summed E-state index contributed by atoms with van der Waals surface area (Å²) in [4.78, 5) is 17.0. The second-order valence-electron chi connectivity index (χ2n) is 2.60. The van der Waals surface area contributed by atoms with Crippen molar-refractivity contribution in [3.05, 3.63) is 24.3 Å². The van der Waals surface area contributed by atoms with E-state index >= 15 is 0 Å². The van der Waals surface area contributed by atoms with E-state index in [1.165, 1.54) is 24.3 Å². The average molecular weight is 271 g/mol. The standard InChI is InChI=1S/C7H9N2O4PS.Na/c8-7(15)9-5-1-3-6(4-2-5)13-14(10,11)12;/h1-4H,(H3,8,9,15)(H2,10,11,12);. The molecule has 0 amide bonds. The number of rotatable bonds is 3. The third-order valence-corrected chi connectivity index (χ3v) is 1.90. The van der Waals surface area contributed by atoms with E-state index in [2.05, 4.69) is 22.1 Å². The van der Waals surface area contributed by atoms with Gasteiger partial charge in [-0.3, -0.25) is 9.79 Å². The molecule has 6 nitrogen and oxygen atoms in total. The fourth-order valence-electron chi connectivity index (χ4n) is 0.879. The van der Waals surface area contributed by atoms with Crippen LogP contribution in [0.2, 0.25) is 0 Å². The minimum Gasteiger partial charge on any atom is -0.404 e. The molecular formula is C7H9N2NaO4PS. The van der Waals surface area contributed by atoms with E-state index in [1.807, 2.05) is 0 Å². The molecule has 16 heavy (non-hydrogen) atoms. The van der Waals surface area contributed by atoms with Gasteiger partial charge in [0.1, 0.15) is 5.75 Å². The zero-order chi connectivity index (χ0) is 11.5. The largest absolute Gasteiger partial charge is 0.524 e. The van der Waals surface area contributed by atoms with Crippen molar-refractivity contribution >= 4 is 60.4 Å². The summed E-state index contributed by atoms with van der Waals surface area (Å²) in [5, 5.41) is 2.76. The van der Waals surface area contributed by atoms with Gasteiger partial charge in [-0.05, 0) is 36.5 Å². The maximum Gasteiger partial charge on any atom is 0.524 e. The summed E-state index contributed by atoms with van der Waals surface area (Å²) in [5.41, 5.74) is 5.84. The van der Waals surface area contributed by atoms with Crippen molar-refractivity contribution in [1.82, 2.24) is 0 Å². The third-order valence-electron chi connectivity index (χ3n) is 1.35. The van der Waals surface area contributed by atoms with Crippen LogP contribution in [-0.2, 0) is 4.57 Å². The van der Waals surface area contributed by atoms with Crippen LogP contribution in [-0.4, -0.2) is 44.5 Å². The number of hydrogen-bond acceptors (Lipinski definition) is 3. The molecule has 0 saturated carbocycles. The van der Waals surface area contributed by atoms with Crippen LogP contribution in [0.4, 0.5) is 5.69 Å². The number of thiocarbonyl (C=S) groups is 1. The molecule has 0 aliphatic carbocycles. The Morgan fingerprint density at radius 3 is 2.25 bits per heavy atom. The molecule has 0 saturated heterocycles. The minimum absolute atomic E-state index is 0. The molecule has 83 valence electrons. The number of anilines is 1. The van der Waals surface area contributed by atoms with Crippen LogP contribution in [0.3, 0.4) is 0 Å². The molecule has 0 bridgehead atoms. The van der Waals surface area contributed by atoms with Gasteiger partial charge in [0.15, 0.2) is 5.11 Å². The van der Waals surface area contributed by atoms with Gasteiger partial charge in [0.05, 0.1) is 0 Å². The number of phosphoric acid groups is 1. The molecule has 1 aromatic rings. The first kappa shape index (κ1) is 15.9. The molecule has 1 aromatic carbocycles. The number of nitrogens with one attached hydrogen (secondary N) is 1. The van der Waals surface area contributed by atoms with Crippen molar-refractivity contribution in [3.8, 4) is 5.75 Å². The summed E-state index contributed by atoms with van der Waals surface area (Å²) in [6.07, 6.45) is 0. The average Bonchev–Trinajstić information content (AvgIpc) is 2.05. The monoisotopic (exact) mass is 271 g/mol. The maximum absolute atomic E-state index is 10.5. The summed E-state index contributed by atoms with van der Waals surface area (Å²) >= 11 is 4.61. The first-order valence-electron chi connectivity index (χ1n) is 3.78. The van der Waals surface area contributed by atoms with Crippen LogP contribution < -0.4 is 15.6 Å². The Labute approximate surface area is 120 Å². The van der Waals surface area contributed by atoms with E-state index in [0.29, 0.717) is 5.69 Å². The molecule has 1 radical (unpaired) electrons. The van der Waals surface area contributed by atoms with Gasteiger partial charge in [0.25, 0.3) is 0 Å². The maximum atomic E-state index is 10.5. The quantitative estimate of drug-likeness (QED) is 0.359. The Bertz CT molecular complexity index is 407. The number of benzene rings is 1. The van der Waals surface area contributed by atoms with Gasteiger partial charge < -0.3 is 15.6 Å². The smallest absolute Gasteiger partial charge is 0.404 e. The Morgan fingerprint density at radius 1 is 1.38 bits per heavy atom. The molecule has 0 fully saturated rings. The molecule has 5 N–H and O–H groups in total. The van der Waals surface area contributed by atoms with Crippen LogP contribution in [0, 0.1) is 0 Å². The Morgan fingerprint density at radius 2 is 1.88 bits per heavy atom. The zero-order valence-electron chi connectivity index (χ0n) is 8.45. The second-order valence-corrected chi connectivity index (χ2v) is 4.20. The number of hydrogen-bond donors (Lipinski definition) is 4. The van der Waals surface area contributed by atoms with Crippen LogP contribution in [0.25, 0.3) is 0 Å². The summed E-state index contributed by atoms with van der Waals surface area (Å²) in [7, 11) is -4.50. The molecule has 0 unspecified atom stereocenters. The summed E-state index contributed by atoms with van der Waals surface area (Å²) in [6.45, 7) is 0. The second kappa shape index (κ2) is 6.56. The molecule has 0 aromatic heterocycles. The first-order valence-corrected chi connectivity index (χ1v) is 5.72. The van der Waals surface area contributed by atoms with Crippen molar-refractivity contribution in [2.75, 3.05) is 5.32 Å². The van der Waals surface area contributed by atoms with Crippen LogP contribution in [0.5, 0.6) is 5.75 Å². The predicted octanol–water partition coefficient (Wildman–Crippen LogP) is 0.433. The van der Waals surface area contributed by atoms with Crippen molar-refractivity contribution in [1.29, 1.82) is 0 Å². The van der Waals surface area contributed by atoms with Gasteiger partial charge >= 0.3 is 7.82 Å². The fraction of sp³-hybridized carbons (Fsp3) is 0. The summed E-state index contributed by atoms with van der Waals surface area (Å²) < 4.78 is 14.8. The Balaban J connectivity index is 0.00000225. The van der Waals surface area contributed by atoms with Crippen LogP contribution in [0.15, 0.2) is 24.3 Å². The zero-order valence-corrected chi connectivity index (χ0v) is 12.2. The topological polar surface area (TPSA) is 105 Å². The molecule has 0 aliphatic rings. The molecule has 0 heterocycles. The number of nitrogens with two attached hydrogens (primary N) is 1. The van der Waals surface area contributed by atoms with Crippen LogP contribution in [0.1, 0.15) is 0 Å². The van der Waals surface area contributed by atoms with Crippen molar-refractivity contribution in [3.63, 3.8) is 0 Å². The van der Waals surface area contributed by atoms with Gasteiger partial charge in [-0.25, -0.2) is 4.57 Å². The number of phosphoric ester groups is 1. The molecule has 9 heteroatoms. The van der Waals surface area contributed by atoms with Gasteiger partial charge in [-0.1, -0.05) is 0 Å². The van der Waals surface area contributed by atoms with Crippen molar-refractivity contribution in [2.24, 2.45) is 5.73 Å². The van der Waals surface area contributed by atoms with Gasteiger partial charge in [-0.2, -0.15) is 0 Å². The Hall–Kier alpha value is -0.140. The van der Waals surface area contributed by atoms with E-state index in [4.69, 9.17) is 15.5 Å². The SMILES string of the molecule is NC(=S)Nc1ccc(OP(=O)(O)O)cc1.[Na]. The van der Waals surface area contributed by atoms with E-state index in [-0.39, 0.29) is 40.4 Å². The third kappa shape index (κ3) is 6.44. The van der Waals surface area contributed by atoms with E-state index in [9.17, 15) is 4.57 Å². The van der Waals surface area contributed by atoms with Crippen molar-refractivity contribution in [2.45, 2.75) is 0 Å². The van der Waals surface area contributed by atoms with Crippen LogP contribution >= 0.6 is 20.0 Å². The molecule has 0 atom stereocenters. The van der Waals surface area contributed by atoms with E-state index in [1.54, 1.807) is 0 Å². The molecule has 1 rings (SSSR count). The normalized spacial score (nSPS) is 10.1. The fourth-order valence-corrected chi connectivity index (χ4v) is 1.39. The van der Waals surface area contributed by atoms with Gasteiger partial charge in [-0.15, -0.1) is 0 Å². The van der Waals surface area contributed by atoms with Gasteiger partial charge in [0, 0.05) is 35.2 Å². The van der Waals surface area contributed by atoms with Crippen molar-refractivity contribution < 1.29 is 18.9 Å². The minimum atomic E-state index is -4.50. The molecule has 0 aliphatic heterocycles. The Kier molecular flexibility index (Phi) is 6.50. The predicted molar refractivity (Wildman–Crippen MR) is 65.3 cm³/mol. The van der Waals surface area contributed by atoms with Gasteiger partial charge in [0.2, 0.25) is 0 Å². The molecule has 0 spiro atoms. The first-order chi connectivity index (χ1) is 6.87. The summed E-state index contributed by atoms with van der Waals surface area (Å²) in [5.74, 6) is 0.0665. The van der Waals surface area contributed by atoms with E-state index in [0.717, 1.165) is 0 Å². The molecular weight excluding hydrogens is 262 g/mol. The van der Waals surface area contributed by atoms with E-state index < -0.39 is 7.82 Å².